The van der Waals surface area contributed by atoms with E-state index in [2.05, 4.69) is 5.32 Å². The average Bonchev–Trinajstić information content (AvgIpc) is 2.56. The van der Waals surface area contributed by atoms with Crippen LogP contribution >= 0.6 is 0 Å². The molecule has 0 saturated heterocycles. The molecule has 2 rings (SSSR count). The smallest absolute Gasteiger partial charge is 0.270 e. The molecule has 0 radical (unpaired) electrons. The zero-order chi connectivity index (χ0) is 17.7. The minimum absolute atomic E-state index is 0.0795. The number of benzene rings is 2. The highest BCUT2D eigenvalue weighted by molar-refractivity contribution is 5.94. The van der Waals surface area contributed by atoms with Gasteiger partial charge >= 0.3 is 0 Å². The maximum atomic E-state index is 12.8. The first kappa shape index (κ1) is 16.9. The quantitative estimate of drug-likeness (QED) is 0.672. The van der Waals surface area contributed by atoms with Gasteiger partial charge in [-0.05, 0) is 30.3 Å². The fourth-order valence-corrected chi connectivity index (χ4v) is 2.09. The molecule has 0 unspecified atom stereocenters. The molecule has 0 aliphatic carbocycles. The zero-order valence-corrected chi connectivity index (χ0v) is 12.7. The Balaban J connectivity index is 2.10. The van der Waals surface area contributed by atoms with E-state index in [1.807, 2.05) is 6.07 Å². The van der Waals surface area contributed by atoms with Crippen molar-refractivity contribution in [3.8, 4) is 6.07 Å². The van der Waals surface area contributed by atoms with Gasteiger partial charge in [-0.3, -0.25) is 14.9 Å². The number of nitro groups is 1. The predicted octanol–water partition coefficient (Wildman–Crippen LogP) is 2.68. The molecule has 7 nitrogen and oxygen atoms in total. The van der Waals surface area contributed by atoms with Crippen molar-refractivity contribution in [3.63, 3.8) is 0 Å². The summed E-state index contributed by atoms with van der Waals surface area (Å²) in [5.74, 6) is -0.777. The number of halogens is 1. The summed E-state index contributed by atoms with van der Waals surface area (Å²) in [6.45, 7) is -0.0795. The van der Waals surface area contributed by atoms with Crippen molar-refractivity contribution in [1.29, 1.82) is 5.26 Å². The Hall–Kier alpha value is -3.47. The van der Waals surface area contributed by atoms with Gasteiger partial charge in [0.05, 0.1) is 22.7 Å². The third-order valence-corrected chi connectivity index (χ3v) is 3.23. The monoisotopic (exact) mass is 328 g/mol. The number of nitrogens with one attached hydrogen (secondary N) is 1. The van der Waals surface area contributed by atoms with E-state index in [9.17, 15) is 19.3 Å². The van der Waals surface area contributed by atoms with Crippen LogP contribution in [0.2, 0.25) is 0 Å². The molecule has 2 aromatic rings. The van der Waals surface area contributed by atoms with Gasteiger partial charge in [0.2, 0.25) is 5.91 Å². The first-order valence-electron chi connectivity index (χ1n) is 6.86. The second-order valence-corrected chi connectivity index (χ2v) is 4.98. The molecule has 2 aromatic carbocycles. The summed E-state index contributed by atoms with van der Waals surface area (Å²) in [6, 6.07) is 11.0. The average molecular weight is 328 g/mol. The van der Waals surface area contributed by atoms with Gasteiger partial charge in [0.15, 0.2) is 0 Å². The number of carbonyl (C=O) groups excluding carboxylic acids is 1. The number of rotatable bonds is 5. The van der Waals surface area contributed by atoms with Gasteiger partial charge < -0.3 is 10.2 Å². The van der Waals surface area contributed by atoms with Crippen molar-refractivity contribution in [1.82, 2.24) is 0 Å². The maximum Gasteiger partial charge on any atom is 0.270 e. The third kappa shape index (κ3) is 4.04. The Morgan fingerprint density at radius 3 is 2.58 bits per heavy atom. The van der Waals surface area contributed by atoms with E-state index < -0.39 is 10.7 Å². The second-order valence-electron chi connectivity index (χ2n) is 4.98. The number of likely N-dealkylation sites (N-methyl/N-ethyl adjacent to an activating group) is 1. The molecule has 0 aliphatic heterocycles. The van der Waals surface area contributed by atoms with Gasteiger partial charge in [-0.2, -0.15) is 5.26 Å². The van der Waals surface area contributed by atoms with E-state index in [-0.39, 0.29) is 23.7 Å². The van der Waals surface area contributed by atoms with Crippen molar-refractivity contribution in [2.24, 2.45) is 0 Å². The molecule has 0 atom stereocenters. The summed E-state index contributed by atoms with van der Waals surface area (Å²) in [7, 11) is 1.59. The SMILES string of the molecule is CN(CC(=O)Nc1ccc(F)cc1)c1ccc([N+](=O)[O-])cc1C#N. The number of carbonyl (C=O) groups is 1. The van der Waals surface area contributed by atoms with Crippen molar-refractivity contribution >= 4 is 23.0 Å². The Morgan fingerprint density at radius 2 is 2.00 bits per heavy atom. The van der Waals surface area contributed by atoms with Crippen LogP contribution in [0.1, 0.15) is 5.56 Å². The zero-order valence-electron chi connectivity index (χ0n) is 12.7. The van der Waals surface area contributed by atoms with Crippen molar-refractivity contribution < 1.29 is 14.1 Å². The van der Waals surface area contributed by atoms with E-state index in [0.717, 1.165) is 6.07 Å². The van der Waals surface area contributed by atoms with Crippen molar-refractivity contribution in [3.05, 3.63) is 64.0 Å². The van der Waals surface area contributed by atoms with E-state index in [1.54, 1.807) is 7.05 Å². The Morgan fingerprint density at radius 1 is 1.33 bits per heavy atom. The number of hydrogen-bond donors (Lipinski definition) is 1. The molecule has 0 bridgehead atoms. The Kier molecular flexibility index (Phi) is 5.06. The number of anilines is 2. The third-order valence-electron chi connectivity index (χ3n) is 3.23. The fourth-order valence-electron chi connectivity index (χ4n) is 2.09. The molecule has 122 valence electrons. The minimum atomic E-state index is -0.591. The van der Waals surface area contributed by atoms with Crippen LogP contribution in [-0.4, -0.2) is 24.4 Å². The maximum absolute atomic E-state index is 12.8. The number of nitriles is 1. The topological polar surface area (TPSA) is 99.3 Å². The van der Waals surface area contributed by atoms with Gasteiger partial charge in [-0.25, -0.2) is 4.39 Å². The van der Waals surface area contributed by atoms with Crippen LogP contribution in [0.5, 0.6) is 0 Å². The summed E-state index contributed by atoms with van der Waals surface area (Å²) in [5, 5.41) is 22.5. The Bertz CT molecular complexity index is 815. The number of nitrogens with zero attached hydrogens (tertiary/aromatic N) is 3. The summed E-state index contributed by atoms with van der Waals surface area (Å²) in [4.78, 5) is 23.7. The second kappa shape index (κ2) is 7.19. The minimum Gasteiger partial charge on any atom is -0.364 e. The van der Waals surface area contributed by atoms with E-state index in [1.165, 1.54) is 41.3 Å². The highest BCUT2D eigenvalue weighted by Crippen LogP contribution is 2.24. The van der Waals surface area contributed by atoms with Gasteiger partial charge in [0.1, 0.15) is 11.9 Å². The Labute approximate surface area is 137 Å². The molecule has 24 heavy (non-hydrogen) atoms. The van der Waals surface area contributed by atoms with Crippen LogP contribution in [0.4, 0.5) is 21.5 Å². The first-order valence-corrected chi connectivity index (χ1v) is 6.86. The van der Waals surface area contributed by atoms with Crippen LogP contribution in [0.3, 0.4) is 0 Å². The van der Waals surface area contributed by atoms with E-state index >= 15 is 0 Å². The van der Waals surface area contributed by atoms with Crippen molar-refractivity contribution in [2.45, 2.75) is 0 Å². The summed E-state index contributed by atoms with van der Waals surface area (Å²) in [5.41, 5.74) is 0.747. The lowest BCUT2D eigenvalue weighted by molar-refractivity contribution is -0.384. The highest BCUT2D eigenvalue weighted by Gasteiger charge is 2.15. The number of nitro benzene ring substituents is 1. The lowest BCUT2D eigenvalue weighted by Gasteiger charge is -2.19. The molecule has 8 heteroatoms. The van der Waals surface area contributed by atoms with Gasteiger partial charge in [0, 0.05) is 24.9 Å². The molecule has 0 fully saturated rings. The normalized spacial score (nSPS) is 9.88. The summed E-state index contributed by atoms with van der Waals surface area (Å²) >= 11 is 0. The van der Waals surface area contributed by atoms with Crippen LogP contribution in [0.15, 0.2) is 42.5 Å². The lowest BCUT2D eigenvalue weighted by atomic mass is 10.1. The number of amides is 1. The molecule has 0 aliphatic rings. The van der Waals surface area contributed by atoms with Gasteiger partial charge in [-0.15, -0.1) is 0 Å². The molecule has 0 spiro atoms. The van der Waals surface area contributed by atoms with Crippen LogP contribution in [0.25, 0.3) is 0 Å². The number of hydrogen-bond acceptors (Lipinski definition) is 5. The molecule has 1 amide bonds. The van der Waals surface area contributed by atoms with Crippen LogP contribution < -0.4 is 10.2 Å². The van der Waals surface area contributed by atoms with Gasteiger partial charge in [0.25, 0.3) is 5.69 Å². The molecule has 1 N–H and O–H groups in total. The molecular formula is C16H13FN4O3. The summed E-state index contributed by atoms with van der Waals surface area (Å²) in [6.07, 6.45) is 0. The standard InChI is InChI=1S/C16H13FN4O3/c1-20(10-16(22)19-13-4-2-12(17)3-5-13)15-7-6-14(21(23)24)8-11(15)9-18/h2-8H,10H2,1H3,(H,19,22). The molecule has 0 aromatic heterocycles. The molecular weight excluding hydrogens is 315 g/mol. The van der Waals surface area contributed by atoms with E-state index in [0.29, 0.717) is 11.4 Å². The van der Waals surface area contributed by atoms with Crippen molar-refractivity contribution in [2.75, 3.05) is 23.8 Å². The molecule has 0 saturated carbocycles. The molecule has 0 heterocycles. The summed E-state index contributed by atoms with van der Waals surface area (Å²) < 4.78 is 12.8. The predicted molar refractivity (Wildman–Crippen MR) is 86.1 cm³/mol. The fraction of sp³-hybridized carbons (Fsp3) is 0.125. The van der Waals surface area contributed by atoms with Crippen LogP contribution in [-0.2, 0) is 4.79 Å². The number of non-ortho nitro benzene ring substituents is 1. The lowest BCUT2D eigenvalue weighted by Crippen LogP contribution is -2.30. The van der Waals surface area contributed by atoms with Gasteiger partial charge in [-0.1, -0.05) is 0 Å². The largest absolute Gasteiger partial charge is 0.364 e. The first-order chi connectivity index (χ1) is 11.4. The van der Waals surface area contributed by atoms with E-state index in [4.69, 9.17) is 5.26 Å². The highest BCUT2D eigenvalue weighted by atomic mass is 19.1. The van der Waals surface area contributed by atoms with Crippen LogP contribution in [0, 0.1) is 27.3 Å².